The maximum Gasteiger partial charge on any atom is 0.268 e. The fraction of sp³-hybridized carbons (Fsp3) is 0.381. The number of nitrogens with one attached hydrogen (secondary N) is 2. The molecule has 3 aromatic rings. The number of H-pyrrole nitrogens is 1. The Balaban J connectivity index is 1.61. The third-order valence-electron chi connectivity index (χ3n) is 4.34. The number of amides is 1. The zero-order chi connectivity index (χ0) is 21.0. The van der Waals surface area contributed by atoms with Crippen LogP contribution in [0, 0.1) is 0 Å². The lowest BCUT2D eigenvalue weighted by atomic mass is 9.98. The predicted octanol–water partition coefficient (Wildman–Crippen LogP) is 4.22. The molecule has 0 aliphatic rings. The van der Waals surface area contributed by atoms with Crippen LogP contribution in [0.2, 0.25) is 0 Å². The molecule has 3 rings (SSSR count). The number of aromatic nitrogens is 3. The van der Waals surface area contributed by atoms with Gasteiger partial charge in [-0.25, -0.2) is 4.98 Å². The number of carbonyl (C=O) groups is 1. The fourth-order valence-electron chi connectivity index (χ4n) is 2.75. The summed E-state index contributed by atoms with van der Waals surface area (Å²) in [7, 11) is 3.27. The minimum atomic E-state index is -0.200. The van der Waals surface area contributed by atoms with Gasteiger partial charge in [-0.3, -0.25) is 9.89 Å². The van der Waals surface area contributed by atoms with Crippen molar-refractivity contribution in [2.45, 2.75) is 39.0 Å². The summed E-state index contributed by atoms with van der Waals surface area (Å²) in [6.45, 7) is 6.22. The van der Waals surface area contributed by atoms with Gasteiger partial charge in [0, 0.05) is 23.2 Å². The molecule has 1 aromatic carbocycles. The number of methoxy groups -OCH3 is 2. The second kappa shape index (κ2) is 8.65. The van der Waals surface area contributed by atoms with Crippen LogP contribution in [0.5, 0.6) is 11.5 Å². The standard InChI is InChI=1S/C21H26N4O3S/c1-21(2,3)20-22-12-17(29-20)19(26)23-18-10-14(24-25-18)7-6-13-8-15(27-4)11-16(9-13)28-5/h8-12H,6-7H2,1-5H3,(H2,23,24,25,26). The van der Waals surface area contributed by atoms with Crippen LogP contribution >= 0.6 is 11.3 Å². The van der Waals surface area contributed by atoms with Gasteiger partial charge in [0.05, 0.1) is 25.4 Å². The molecule has 0 spiro atoms. The van der Waals surface area contributed by atoms with Crippen LogP contribution in [0.15, 0.2) is 30.5 Å². The van der Waals surface area contributed by atoms with Crippen LogP contribution in [-0.4, -0.2) is 35.3 Å². The SMILES string of the molecule is COc1cc(CCc2cc(NC(=O)c3cnc(C(C)(C)C)s3)n[nH]2)cc(OC)c1. The van der Waals surface area contributed by atoms with Crippen LogP contribution in [-0.2, 0) is 18.3 Å². The highest BCUT2D eigenvalue weighted by molar-refractivity contribution is 7.13. The Bertz CT molecular complexity index is 966. The van der Waals surface area contributed by atoms with Crippen LogP contribution in [0.4, 0.5) is 5.82 Å². The number of hydrogen-bond donors (Lipinski definition) is 2. The number of anilines is 1. The van der Waals surface area contributed by atoms with E-state index in [1.54, 1.807) is 20.4 Å². The Morgan fingerprint density at radius 3 is 2.38 bits per heavy atom. The largest absolute Gasteiger partial charge is 0.497 e. The van der Waals surface area contributed by atoms with Gasteiger partial charge in [0.15, 0.2) is 5.82 Å². The van der Waals surface area contributed by atoms with E-state index in [9.17, 15) is 4.79 Å². The summed E-state index contributed by atoms with van der Waals surface area (Å²) in [5, 5.41) is 10.9. The van der Waals surface area contributed by atoms with E-state index < -0.39 is 0 Å². The molecule has 154 valence electrons. The summed E-state index contributed by atoms with van der Waals surface area (Å²) in [4.78, 5) is 17.4. The number of aromatic amines is 1. The van der Waals surface area contributed by atoms with Gasteiger partial charge in [0.2, 0.25) is 0 Å². The third-order valence-corrected chi connectivity index (χ3v) is 5.76. The lowest BCUT2D eigenvalue weighted by Crippen LogP contribution is -2.11. The van der Waals surface area contributed by atoms with Crippen molar-refractivity contribution in [2.75, 3.05) is 19.5 Å². The maximum atomic E-state index is 12.5. The lowest BCUT2D eigenvalue weighted by molar-refractivity contribution is 0.103. The van der Waals surface area contributed by atoms with Crippen LogP contribution in [0.3, 0.4) is 0 Å². The van der Waals surface area contributed by atoms with Crippen molar-refractivity contribution in [3.63, 3.8) is 0 Å². The molecule has 0 bridgehead atoms. The molecule has 0 aliphatic carbocycles. The van der Waals surface area contributed by atoms with Gasteiger partial charge in [0.25, 0.3) is 5.91 Å². The van der Waals surface area contributed by atoms with Crippen molar-refractivity contribution in [3.05, 3.63) is 51.6 Å². The molecule has 1 amide bonds. The molecule has 0 aliphatic heterocycles. The molecule has 0 saturated heterocycles. The van der Waals surface area contributed by atoms with Gasteiger partial charge < -0.3 is 14.8 Å². The summed E-state index contributed by atoms with van der Waals surface area (Å²) >= 11 is 1.40. The molecular formula is C21H26N4O3S. The lowest BCUT2D eigenvalue weighted by Gasteiger charge is -2.13. The summed E-state index contributed by atoms with van der Waals surface area (Å²) < 4.78 is 10.6. The van der Waals surface area contributed by atoms with Gasteiger partial charge in [-0.15, -0.1) is 11.3 Å². The summed E-state index contributed by atoms with van der Waals surface area (Å²) in [5.41, 5.74) is 1.95. The van der Waals surface area contributed by atoms with Crippen LogP contribution in [0.25, 0.3) is 0 Å². The highest BCUT2D eigenvalue weighted by Gasteiger charge is 2.20. The minimum Gasteiger partial charge on any atom is -0.497 e. The first-order valence-corrected chi connectivity index (χ1v) is 10.1. The molecule has 2 aromatic heterocycles. The van der Waals surface area contributed by atoms with Crippen molar-refractivity contribution < 1.29 is 14.3 Å². The molecule has 0 unspecified atom stereocenters. The molecule has 29 heavy (non-hydrogen) atoms. The smallest absolute Gasteiger partial charge is 0.268 e. The zero-order valence-electron chi connectivity index (χ0n) is 17.3. The summed E-state index contributed by atoms with van der Waals surface area (Å²) in [5.74, 6) is 1.82. The summed E-state index contributed by atoms with van der Waals surface area (Å²) in [6.07, 6.45) is 3.14. The second-order valence-corrected chi connectivity index (χ2v) is 8.76. The van der Waals surface area contributed by atoms with Gasteiger partial charge >= 0.3 is 0 Å². The Labute approximate surface area is 174 Å². The number of ether oxygens (including phenoxy) is 2. The minimum absolute atomic E-state index is 0.0779. The van der Waals surface area contributed by atoms with Crippen molar-refractivity contribution in [1.29, 1.82) is 0 Å². The molecule has 2 N–H and O–H groups in total. The van der Waals surface area contributed by atoms with E-state index >= 15 is 0 Å². The van der Waals surface area contributed by atoms with Crippen LogP contribution < -0.4 is 14.8 Å². The molecule has 0 fully saturated rings. The van der Waals surface area contributed by atoms with Crippen molar-refractivity contribution in [2.24, 2.45) is 0 Å². The molecule has 0 atom stereocenters. The second-order valence-electron chi connectivity index (χ2n) is 7.73. The monoisotopic (exact) mass is 414 g/mol. The Morgan fingerprint density at radius 1 is 1.10 bits per heavy atom. The van der Waals surface area contributed by atoms with Crippen molar-refractivity contribution in [1.82, 2.24) is 15.2 Å². The number of nitrogens with zero attached hydrogens (tertiary/aromatic N) is 2. The fourth-order valence-corrected chi connectivity index (χ4v) is 3.62. The summed E-state index contributed by atoms with van der Waals surface area (Å²) in [6, 6.07) is 7.66. The number of hydrogen-bond acceptors (Lipinski definition) is 6. The van der Waals surface area contributed by atoms with E-state index in [1.807, 2.05) is 24.3 Å². The first-order valence-electron chi connectivity index (χ1n) is 9.32. The molecule has 0 radical (unpaired) electrons. The number of thiazole rings is 1. The Morgan fingerprint density at radius 2 is 1.79 bits per heavy atom. The molecule has 2 heterocycles. The molecule has 0 saturated carbocycles. The Kier molecular flexibility index (Phi) is 6.22. The molecule has 8 heteroatoms. The number of rotatable bonds is 7. The molecular weight excluding hydrogens is 388 g/mol. The first kappa shape index (κ1) is 20.9. The number of carbonyl (C=O) groups excluding carboxylic acids is 1. The highest BCUT2D eigenvalue weighted by atomic mass is 32.1. The normalized spacial score (nSPS) is 11.3. The van der Waals surface area contributed by atoms with E-state index in [4.69, 9.17) is 9.47 Å². The van der Waals surface area contributed by atoms with E-state index in [-0.39, 0.29) is 11.3 Å². The van der Waals surface area contributed by atoms with Gasteiger partial charge in [-0.05, 0) is 30.5 Å². The van der Waals surface area contributed by atoms with E-state index in [2.05, 4.69) is 41.3 Å². The van der Waals surface area contributed by atoms with Crippen molar-refractivity contribution in [3.8, 4) is 11.5 Å². The predicted molar refractivity (Wildman–Crippen MR) is 114 cm³/mol. The van der Waals surface area contributed by atoms with E-state index in [1.165, 1.54) is 11.3 Å². The van der Waals surface area contributed by atoms with Crippen molar-refractivity contribution >= 4 is 23.1 Å². The van der Waals surface area contributed by atoms with Gasteiger partial charge in [-0.1, -0.05) is 20.8 Å². The first-order chi connectivity index (χ1) is 13.8. The van der Waals surface area contributed by atoms with Gasteiger partial charge in [0.1, 0.15) is 16.4 Å². The highest BCUT2D eigenvalue weighted by Crippen LogP contribution is 2.27. The van der Waals surface area contributed by atoms with Gasteiger partial charge in [-0.2, -0.15) is 5.10 Å². The molecule has 7 nitrogen and oxygen atoms in total. The third kappa shape index (κ3) is 5.35. The maximum absolute atomic E-state index is 12.5. The zero-order valence-corrected chi connectivity index (χ0v) is 18.1. The van der Waals surface area contributed by atoms with Crippen LogP contribution in [0.1, 0.15) is 46.7 Å². The number of aryl methyl sites for hydroxylation is 2. The Hall–Kier alpha value is -2.87. The average molecular weight is 415 g/mol. The van der Waals surface area contributed by atoms with E-state index in [0.717, 1.165) is 40.6 Å². The van der Waals surface area contributed by atoms with E-state index in [0.29, 0.717) is 10.7 Å². The average Bonchev–Trinajstić information content (AvgIpc) is 3.35. The topological polar surface area (TPSA) is 89.1 Å². The quantitative estimate of drug-likeness (QED) is 0.604. The number of benzene rings is 1.